The molecule has 0 bridgehead atoms. The predicted molar refractivity (Wildman–Crippen MR) is 87.3 cm³/mol. The zero-order chi connectivity index (χ0) is 15.4. The molecule has 21 heavy (non-hydrogen) atoms. The van der Waals surface area contributed by atoms with E-state index in [-0.39, 0.29) is 11.8 Å². The Morgan fingerprint density at radius 1 is 1.24 bits per heavy atom. The Labute approximate surface area is 128 Å². The van der Waals surface area contributed by atoms with E-state index in [0.717, 1.165) is 19.5 Å². The number of hydrogen-bond acceptors (Lipinski definition) is 2. The van der Waals surface area contributed by atoms with Crippen LogP contribution in [0.25, 0.3) is 0 Å². The summed E-state index contributed by atoms with van der Waals surface area (Å²) >= 11 is 0. The molecule has 1 aromatic carbocycles. The average Bonchev–Trinajstić information content (AvgIpc) is 2.96. The Hall–Kier alpha value is -1.35. The van der Waals surface area contributed by atoms with Crippen molar-refractivity contribution in [2.45, 2.75) is 45.4 Å². The van der Waals surface area contributed by atoms with Crippen LogP contribution in [0.2, 0.25) is 0 Å². The molecule has 0 saturated carbocycles. The highest BCUT2D eigenvalue weighted by molar-refractivity contribution is 5.77. The minimum absolute atomic E-state index is 0.270. The van der Waals surface area contributed by atoms with E-state index in [1.165, 1.54) is 11.1 Å². The van der Waals surface area contributed by atoms with Gasteiger partial charge in [-0.3, -0.25) is 4.79 Å². The Balaban J connectivity index is 1.91. The van der Waals surface area contributed by atoms with Gasteiger partial charge >= 0.3 is 0 Å². The lowest BCUT2D eigenvalue weighted by atomic mass is 9.94. The van der Waals surface area contributed by atoms with Gasteiger partial charge in [0, 0.05) is 19.5 Å². The van der Waals surface area contributed by atoms with Crippen LogP contribution in [0.3, 0.4) is 0 Å². The molecule has 0 spiro atoms. The Morgan fingerprint density at radius 2 is 1.86 bits per heavy atom. The van der Waals surface area contributed by atoms with Gasteiger partial charge in [-0.2, -0.15) is 0 Å². The van der Waals surface area contributed by atoms with Gasteiger partial charge in [0.25, 0.3) is 0 Å². The van der Waals surface area contributed by atoms with Gasteiger partial charge in [0.15, 0.2) is 0 Å². The van der Waals surface area contributed by atoms with Gasteiger partial charge in [0.1, 0.15) is 0 Å². The molecule has 0 radical (unpaired) electrons. The molecule has 2 unspecified atom stereocenters. The van der Waals surface area contributed by atoms with E-state index in [2.05, 4.69) is 45.0 Å². The van der Waals surface area contributed by atoms with Crippen LogP contribution in [0.4, 0.5) is 0 Å². The molecular formula is C18H28N2O. The first kappa shape index (κ1) is 16.0. The molecule has 1 aliphatic heterocycles. The highest BCUT2D eigenvalue weighted by Crippen LogP contribution is 2.24. The van der Waals surface area contributed by atoms with Crippen LogP contribution in [-0.4, -0.2) is 30.4 Å². The van der Waals surface area contributed by atoms with E-state index in [0.29, 0.717) is 24.8 Å². The summed E-state index contributed by atoms with van der Waals surface area (Å²) in [6, 6.07) is 8.70. The summed E-state index contributed by atoms with van der Waals surface area (Å²) in [6.45, 7) is 8.94. The van der Waals surface area contributed by atoms with Crippen molar-refractivity contribution in [2.75, 3.05) is 19.6 Å². The SMILES string of the molecule is CC(C)c1ccc(C(C)CC(=O)N2CCC(CN)C2)cc1. The molecule has 3 heteroatoms. The predicted octanol–water partition coefficient (Wildman–Crippen LogP) is 3.11. The molecule has 0 aliphatic carbocycles. The molecule has 1 heterocycles. The minimum atomic E-state index is 0.270. The van der Waals surface area contributed by atoms with Gasteiger partial charge in [-0.15, -0.1) is 0 Å². The third-order valence-corrected chi connectivity index (χ3v) is 4.62. The number of hydrogen-bond donors (Lipinski definition) is 1. The lowest BCUT2D eigenvalue weighted by molar-refractivity contribution is -0.130. The van der Waals surface area contributed by atoms with Gasteiger partial charge in [-0.25, -0.2) is 0 Å². The third kappa shape index (κ3) is 4.07. The first-order valence-electron chi connectivity index (χ1n) is 8.09. The summed E-state index contributed by atoms with van der Waals surface area (Å²) in [7, 11) is 0. The Bertz CT molecular complexity index is 467. The highest BCUT2D eigenvalue weighted by atomic mass is 16.2. The number of rotatable bonds is 5. The van der Waals surface area contributed by atoms with Crippen molar-refractivity contribution in [3.8, 4) is 0 Å². The monoisotopic (exact) mass is 288 g/mol. The molecule has 116 valence electrons. The Morgan fingerprint density at radius 3 is 2.38 bits per heavy atom. The maximum absolute atomic E-state index is 12.4. The van der Waals surface area contributed by atoms with Crippen molar-refractivity contribution in [3.63, 3.8) is 0 Å². The number of carbonyl (C=O) groups is 1. The summed E-state index contributed by atoms with van der Waals surface area (Å²) in [4.78, 5) is 14.3. The van der Waals surface area contributed by atoms with Crippen LogP contribution < -0.4 is 5.73 Å². The first-order chi connectivity index (χ1) is 10.0. The lowest BCUT2D eigenvalue weighted by Crippen LogP contribution is -2.30. The fourth-order valence-electron chi connectivity index (χ4n) is 2.97. The van der Waals surface area contributed by atoms with Gasteiger partial charge in [-0.1, -0.05) is 45.0 Å². The first-order valence-corrected chi connectivity index (χ1v) is 8.09. The lowest BCUT2D eigenvalue weighted by Gasteiger charge is -2.19. The summed E-state index contributed by atoms with van der Waals surface area (Å²) in [5.74, 6) is 1.59. The number of carbonyl (C=O) groups excluding carboxylic acids is 1. The zero-order valence-electron chi connectivity index (χ0n) is 13.5. The van der Waals surface area contributed by atoms with Crippen LogP contribution in [-0.2, 0) is 4.79 Å². The molecule has 1 aromatic rings. The minimum Gasteiger partial charge on any atom is -0.342 e. The maximum atomic E-state index is 12.4. The van der Waals surface area contributed by atoms with Crippen LogP contribution in [0.15, 0.2) is 24.3 Å². The molecule has 2 rings (SSSR count). The van der Waals surface area contributed by atoms with Crippen molar-refractivity contribution in [3.05, 3.63) is 35.4 Å². The summed E-state index contributed by atoms with van der Waals surface area (Å²) in [6.07, 6.45) is 1.65. The summed E-state index contributed by atoms with van der Waals surface area (Å²) < 4.78 is 0. The van der Waals surface area contributed by atoms with Crippen molar-refractivity contribution >= 4 is 5.91 Å². The molecule has 1 amide bonds. The van der Waals surface area contributed by atoms with Gasteiger partial charge in [-0.05, 0) is 41.8 Å². The molecule has 1 saturated heterocycles. The largest absolute Gasteiger partial charge is 0.342 e. The Kier molecular flexibility index (Phi) is 5.40. The molecule has 2 N–H and O–H groups in total. The normalized spacial score (nSPS) is 20.0. The van der Waals surface area contributed by atoms with Crippen molar-refractivity contribution in [1.29, 1.82) is 0 Å². The number of benzene rings is 1. The molecule has 1 aliphatic rings. The quantitative estimate of drug-likeness (QED) is 0.905. The van der Waals surface area contributed by atoms with E-state index in [9.17, 15) is 4.79 Å². The number of nitrogens with two attached hydrogens (primary N) is 1. The zero-order valence-corrected chi connectivity index (χ0v) is 13.5. The smallest absolute Gasteiger partial charge is 0.223 e. The maximum Gasteiger partial charge on any atom is 0.223 e. The van der Waals surface area contributed by atoms with E-state index in [1.54, 1.807) is 0 Å². The molecule has 1 fully saturated rings. The molecule has 3 nitrogen and oxygen atoms in total. The van der Waals surface area contributed by atoms with E-state index >= 15 is 0 Å². The van der Waals surface area contributed by atoms with E-state index < -0.39 is 0 Å². The van der Waals surface area contributed by atoms with Crippen molar-refractivity contribution in [2.24, 2.45) is 11.7 Å². The van der Waals surface area contributed by atoms with Gasteiger partial charge in [0.2, 0.25) is 5.91 Å². The van der Waals surface area contributed by atoms with E-state index in [4.69, 9.17) is 5.73 Å². The summed E-state index contributed by atoms with van der Waals surface area (Å²) in [5.41, 5.74) is 8.29. The number of likely N-dealkylation sites (tertiary alicyclic amines) is 1. The standard InChI is InChI=1S/C18H28N2O/c1-13(2)16-4-6-17(7-5-16)14(3)10-18(21)20-9-8-15(11-19)12-20/h4-7,13-15H,8-12,19H2,1-3H3. The van der Waals surface area contributed by atoms with Gasteiger partial charge in [0.05, 0.1) is 0 Å². The topological polar surface area (TPSA) is 46.3 Å². The van der Waals surface area contributed by atoms with Crippen LogP contribution in [0.1, 0.15) is 56.6 Å². The van der Waals surface area contributed by atoms with Crippen LogP contribution in [0.5, 0.6) is 0 Å². The summed E-state index contributed by atoms with van der Waals surface area (Å²) in [5, 5.41) is 0. The molecule has 2 atom stereocenters. The number of amides is 1. The van der Waals surface area contributed by atoms with Crippen LogP contribution >= 0.6 is 0 Å². The highest BCUT2D eigenvalue weighted by Gasteiger charge is 2.26. The number of nitrogens with zero attached hydrogens (tertiary/aromatic N) is 1. The fraction of sp³-hybridized carbons (Fsp3) is 0.611. The third-order valence-electron chi connectivity index (χ3n) is 4.62. The second kappa shape index (κ2) is 7.08. The van der Waals surface area contributed by atoms with Crippen LogP contribution in [0, 0.1) is 5.92 Å². The molecule has 0 aromatic heterocycles. The fourth-order valence-corrected chi connectivity index (χ4v) is 2.97. The van der Waals surface area contributed by atoms with Gasteiger partial charge < -0.3 is 10.6 Å². The average molecular weight is 288 g/mol. The second-order valence-electron chi connectivity index (χ2n) is 6.66. The van der Waals surface area contributed by atoms with Crippen molar-refractivity contribution < 1.29 is 4.79 Å². The van der Waals surface area contributed by atoms with E-state index in [1.807, 2.05) is 4.90 Å². The molecular weight excluding hydrogens is 260 g/mol. The second-order valence-corrected chi connectivity index (χ2v) is 6.66. The van der Waals surface area contributed by atoms with Crippen molar-refractivity contribution in [1.82, 2.24) is 4.90 Å².